The molecule has 0 radical (unpaired) electrons. The van der Waals surface area contributed by atoms with E-state index in [1.54, 1.807) is 0 Å². The molecule has 0 saturated carbocycles. The van der Waals surface area contributed by atoms with Crippen LogP contribution in [0.5, 0.6) is 0 Å². The third-order valence-corrected chi connectivity index (χ3v) is 6.74. The average molecular weight is 457 g/mol. The monoisotopic (exact) mass is 456 g/mol. The molecule has 1 atom stereocenters. The number of carbonyl (C=O) groups excluding carboxylic acids is 1. The molecule has 0 aliphatic carbocycles. The Kier molecular flexibility index (Phi) is 7.25. The highest BCUT2D eigenvalue weighted by atomic mass is 79.9. The van der Waals surface area contributed by atoms with Gasteiger partial charge in [-0.2, -0.15) is 0 Å². The van der Waals surface area contributed by atoms with E-state index in [9.17, 15) is 4.79 Å². The number of pyridine rings is 1. The first-order valence-electron chi connectivity index (χ1n) is 10.1. The normalized spacial score (nSPS) is 17.2. The highest BCUT2D eigenvalue weighted by Gasteiger charge is 2.24. The van der Waals surface area contributed by atoms with Crippen molar-refractivity contribution in [2.45, 2.75) is 45.6 Å². The molecule has 1 aromatic carbocycles. The summed E-state index contributed by atoms with van der Waals surface area (Å²) in [6, 6.07) is 10.3. The first-order valence-corrected chi connectivity index (χ1v) is 10.9. The summed E-state index contributed by atoms with van der Waals surface area (Å²) >= 11 is 3.65. The third-order valence-electron chi connectivity index (χ3n) is 6.05. The Morgan fingerprint density at radius 1 is 1.24 bits per heavy atom. The Labute approximate surface area is 182 Å². The molecule has 1 aromatic heterocycles. The molecule has 1 saturated heterocycles. The van der Waals surface area contributed by atoms with Crippen molar-refractivity contribution >= 4 is 28.0 Å². The topological polar surface area (TPSA) is 42.4 Å². The van der Waals surface area contributed by atoms with Crippen LogP contribution in [0.4, 0.5) is 0 Å². The lowest BCUT2D eigenvalue weighted by Gasteiger charge is -2.37. The summed E-state index contributed by atoms with van der Waals surface area (Å²) in [5.41, 5.74) is 5.48. The van der Waals surface area contributed by atoms with Gasteiger partial charge in [0.15, 0.2) is 0 Å². The minimum atomic E-state index is -0.280. The number of likely N-dealkylation sites (tertiary alicyclic amines) is 1. The molecular formula is C24H29BrN2O2. The Morgan fingerprint density at radius 2 is 1.90 bits per heavy atom. The zero-order valence-electron chi connectivity index (χ0n) is 17.6. The Bertz CT molecular complexity index is 864. The maximum atomic E-state index is 11.6. The number of rotatable bonds is 5. The maximum absolute atomic E-state index is 11.6. The van der Waals surface area contributed by atoms with Gasteiger partial charge in [0.2, 0.25) is 0 Å². The second-order valence-corrected chi connectivity index (χ2v) is 8.63. The van der Waals surface area contributed by atoms with Crippen molar-refractivity contribution < 1.29 is 9.53 Å². The lowest BCUT2D eigenvalue weighted by atomic mass is 9.88. The van der Waals surface area contributed by atoms with Crippen molar-refractivity contribution in [2.24, 2.45) is 0 Å². The van der Waals surface area contributed by atoms with E-state index in [1.165, 1.54) is 18.2 Å². The van der Waals surface area contributed by atoms with Gasteiger partial charge in [0.25, 0.3) is 0 Å². The molecular weight excluding hydrogens is 428 g/mol. The molecule has 154 valence electrons. The number of ether oxygens (including phenoxy) is 1. The molecule has 1 fully saturated rings. The van der Waals surface area contributed by atoms with Gasteiger partial charge in [-0.3, -0.25) is 9.88 Å². The molecule has 2 aromatic rings. The second-order valence-electron chi connectivity index (χ2n) is 7.78. The molecule has 0 amide bonds. The molecule has 0 N–H and O–H groups in total. The van der Waals surface area contributed by atoms with Gasteiger partial charge in [0.05, 0.1) is 12.7 Å². The predicted molar refractivity (Wildman–Crippen MR) is 121 cm³/mol. The van der Waals surface area contributed by atoms with Gasteiger partial charge >= 0.3 is 5.97 Å². The van der Waals surface area contributed by atoms with Crippen LogP contribution in [-0.2, 0) is 4.74 Å². The van der Waals surface area contributed by atoms with Gasteiger partial charge in [-0.15, -0.1) is 0 Å². The molecule has 1 aliphatic rings. The lowest BCUT2D eigenvalue weighted by Crippen LogP contribution is -2.40. The highest BCUT2D eigenvalue weighted by Crippen LogP contribution is 2.31. The standard InChI is InChI=1S/C24H29BrN2O2/c1-16(15-22-17(2)26-12-9-23(22)25)18(3)27-13-10-20(11-14-27)19-5-7-21(8-6-19)24(28)29-4/h5-9,12,15,18,20H,10-11,13-14H2,1-4H3/b16-15+. The number of benzene rings is 1. The highest BCUT2D eigenvalue weighted by molar-refractivity contribution is 9.10. The molecule has 3 rings (SSSR count). The van der Waals surface area contributed by atoms with Crippen LogP contribution in [0.25, 0.3) is 6.08 Å². The van der Waals surface area contributed by atoms with Gasteiger partial charge < -0.3 is 4.74 Å². The smallest absolute Gasteiger partial charge is 0.337 e. The number of piperidine rings is 1. The molecule has 2 heterocycles. The SMILES string of the molecule is COC(=O)c1ccc(C2CCN(C(C)/C(C)=C/c3c(Br)ccnc3C)CC2)cc1. The van der Waals surface area contributed by atoms with Crippen molar-refractivity contribution in [2.75, 3.05) is 20.2 Å². The van der Waals surface area contributed by atoms with E-state index in [0.717, 1.165) is 41.7 Å². The lowest BCUT2D eigenvalue weighted by molar-refractivity contribution is 0.0600. The second kappa shape index (κ2) is 9.68. The molecule has 5 heteroatoms. The number of hydrogen-bond donors (Lipinski definition) is 0. The molecule has 1 unspecified atom stereocenters. The van der Waals surface area contributed by atoms with Crippen LogP contribution in [0.1, 0.15) is 59.8 Å². The van der Waals surface area contributed by atoms with Crippen molar-refractivity contribution in [1.82, 2.24) is 9.88 Å². The van der Waals surface area contributed by atoms with Gasteiger partial charge in [-0.05, 0) is 76.4 Å². The van der Waals surface area contributed by atoms with Crippen LogP contribution < -0.4 is 0 Å². The molecule has 0 bridgehead atoms. The summed E-state index contributed by atoms with van der Waals surface area (Å²) in [7, 11) is 1.41. The molecule has 1 aliphatic heterocycles. The van der Waals surface area contributed by atoms with E-state index in [-0.39, 0.29) is 5.97 Å². The Balaban J connectivity index is 1.62. The Hall–Kier alpha value is -1.98. The van der Waals surface area contributed by atoms with Crippen LogP contribution in [0.15, 0.2) is 46.6 Å². The zero-order chi connectivity index (χ0) is 21.0. The number of methoxy groups -OCH3 is 1. The van der Waals surface area contributed by atoms with E-state index >= 15 is 0 Å². The van der Waals surface area contributed by atoms with Crippen LogP contribution >= 0.6 is 15.9 Å². The first kappa shape index (κ1) is 21.7. The van der Waals surface area contributed by atoms with Gasteiger partial charge in [-0.1, -0.05) is 39.7 Å². The number of aryl methyl sites for hydroxylation is 1. The predicted octanol–water partition coefficient (Wildman–Crippen LogP) is 5.61. The number of esters is 1. The van der Waals surface area contributed by atoms with E-state index in [4.69, 9.17) is 4.74 Å². The fraction of sp³-hybridized carbons (Fsp3) is 0.417. The van der Waals surface area contributed by atoms with E-state index in [0.29, 0.717) is 17.5 Å². The van der Waals surface area contributed by atoms with Gasteiger partial charge in [0.1, 0.15) is 0 Å². The third kappa shape index (κ3) is 5.14. The summed E-state index contributed by atoms with van der Waals surface area (Å²) in [6.45, 7) is 8.69. The fourth-order valence-corrected chi connectivity index (χ4v) is 4.51. The quantitative estimate of drug-likeness (QED) is 0.548. The summed E-state index contributed by atoms with van der Waals surface area (Å²) in [5, 5.41) is 0. The summed E-state index contributed by atoms with van der Waals surface area (Å²) < 4.78 is 5.87. The van der Waals surface area contributed by atoms with Crippen molar-refractivity contribution in [1.29, 1.82) is 0 Å². The maximum Gasteiger partial charge on any atom is 0.337 e. The van der Waals surface area contributed by atoms with Crippen molar-refractivity contribution in [3.63, 3.8) is 0 Å². The van der Waals surface area contributed by atoms with Crippen molar-refractivity contribution in [3.05, 3.63) is 69.0 Å². The number of carbonyl (C=O) groups is 1. The number of hydrogen-bond acceptors (Lipinski definition) is 4. The Morgan fingerprint density at radius 3 is 2.48 bits per heavy atom. The van der Waals surface area contributed by atoms with Crippen LogP contribution in [0.3, 0.4) is 0 Å². The first-order chi connectivity index (χ1) is 13.9. The largest absolute Gasteiger partial charge is 0.465 e. The summed E-state index contributed by atoms with van der Waals surface area (Å²) in [5.74, 6) is 0.266. The van der Waals surface area contributed by atoms with Crippen LogP contribution in [-0.4, -0.2) is 42.1 Å². The van der Waals surface area contributed by atoms with E-state index in [2.05, 4.69) is 57.9 Å². The minimum absolute atomic E-state index is 0.280. The summed E-state index contributed by atoms with van der Waals surface area (Å²) in [6.07, 6.45) is 6.35. The minimum Gasteiger partial charge on any atom is -0.465 e. The fourth-order valence-electron chi connectivity index (χ4n) is 3.99. The summed E-state index contributed by atoms with van der Waals surface area (Å²) in [4.78, 5) is 18.6. The number of halogens is 1. The van der Waals surface area contributed by atoms with E-state index < -0.39 is 0 Å². The average Bonchev–Trinajstić information content (AvgIpc) is 2.75. The van der Waals surface area contributed by atoms with Gasteiger partial charge in [-0.25, -0.2) is 4.79 Å². The zero-order valence-corrected chi connectivity index (χ0v) is 19.2. The number of nitrogens with zero attached hydrogens (tertiary/aromatic N) is 2. The van der Waals surface area contributed by atoms with Gasteiger partial charge in [0, 0.05) is 28.0 Å². The van der Waals surface area contributed by atoms with Crippen LogP contribution in [0.2, 0.25) is 0 Å². The molecule has 0 spiro atoms. The van der Waals surface area contributed by atoms with Crippen molar-refractivity contribution in [3.8, 4) is 0 Å². The van der Waals surface area contributed by atoms with Crippen LogP contribution in [0, 0.1) is 6.92 Å². The number of aromatic nitrogens is 1. The van der Waals surface area contributed by atoms with E-state index in [1.807, 2.05) is 31.3 Å². The molecule has 4 nitrogen and oxygen atoms in total. The molecule has 29 heavy (non-hydrogen) atoms.